The van der Waals surface area contributed by atoms with Crippen LogP contribution >= 0.6 is 11.6 Å². The fraction of sp³-hybridized carbons (Fsp3) is 0.538. The van der Waals surface area contributed by atoms with Crippen molar-refractivity contribution in [3.05, 3.63) is 23.7 Å². The zero-order valence-electron chi connectivity index (χ0n) is 10.7. The van der Waals surface area contributed by atoms with Crippen molar-refractivity contribution in [3.63, 3.8) is 0 Å². The second-order valence-electron chi connectivity index (χ2n) is 4.67. The highest BCUT2D eigenvalue weighted by Gasteiger charge is 2.23. The Balaban J connectivity index is 1.72. The highest BCUT2D eigenvalue weighted by Crippen LogP contribution is 2.21. The van der Waals surface area contributed by atoms with E-state index in [4.69, 9.17) is 16.0 Å². The second kappa shape index (κ2) is 6.10. The number of rotatable bonds is 6. The molecule has 1 aromatic heterocycles. The van der Waals surface area contributed by atoms with Crippen molar-refractivity contribution >= 4 is 23.4 Å². The normalized spacial score (nSPS) is 15.9. The molecular formula is C13H17ClN2O3. The molecule has 0 aliphatic heterocycles. The van der Waals surface area contributed by atoms with Crippen LogP contribution in [0, 0.1) is 0 Å². The molecule has 2 N–H and O–H groups in total. The monoisotopic (exact) mass is 284 g/mol. The van der Waals surface area contributed by atoms with E-state index < -0.39 is 0 Å². The lowest BCUT2D eigenvalue weighted by molar-refractivity contribution is -0.121. The molecule has 1 aliphatic rings. The molecule has 2 rings (SSSR count). The SMILES string of the molecule is CC(Cl)c1ccc(C(=O)NCCC(=O)NC2CC2)o1. The molecule has 5 nitrogen and oxygen atoms in total. The van der Waals surface area contributed by atoms with Crippen molar-refractivity contribution in [3.8, 4) is 0 Å². The summed E-state index contributed by atoms with van der Waals surface area (Å²) in [5, 5.41) is 5.22. The maximum Gasteiger partial charge on any atom is 0.287 e. The van der Waals surface area contributed by atoms with Crippen LogP contribution in [0.1, 0.15) is 47.9 Å². The van der Waals surface area contributed by atoms with E-state index in [-0.39, 0.29) is 29.4 Å². The van der Waals surface area contributed by atoms with Crippen molar-refractivity contribution in [2.24, 2.45) is 0 Å². The molecule has 1 heterocycles. The third-order valence-electron chi connectivity index (χ3n) is 2.82. The molecule has 0 saturated heterocycles. The van der Waals surface area contributed by atoms with Crippen LogP contribution in [0.25, 0.3) is 0 Å². The number of carbonyl (C=O) groups is 2. The van der Waals surface area contributed by atoms with Crippen LogP contribution in [0.5, 0.6) is 0 Å². The van der Waals surface area contributed by atoms with Crippen molar-refractivity contribution < 1.29 is 14.0 Å². The number of alkyl halides is 1. The number of hydrogen-bond acceptors (Lipinski definition) is 3. The van der Waals surface area contributed by atoms with Gasteiger partial charge in [-0.05, 0) is 31.9 Å². The van der Waals surface area contributed by atoms with E-state index in [1.54, 1.807) is 19.1 Å². The zero-order chi connectivity index (χ0) is 13.8. The highest BCUT2D eigenvalue weighted by molar-refractivity contribution is 6.20. The lowest BCUT2D eigenvalue weighted by atomic mass is 10.3. The lowest BCUT2D eigenvalue weighted by Gasteiger charge is -2.04. The van der Waals surface area contributed by atoms with Crippen molar-refractivity contribution in [2.75, 3.05) is 6.54 Å². The molecule has 1 unspecified atom stereocenters. The number of furan rings is 1. The van der Waals surface area contributed by atoms with Gasteiger partial charge in [-0.1, -0.05) is 0 Å². The summed E-state index contributed by atoms with van der Waals surface area (Å²) in [6.07, 6.45) is 2.40. The standard InChI is InChI=1S/C13H17ClN2O3/c1-8(14)10-4-5-11(19-10)13(18)15-7-6-12(17)16-9-2-3-9/h4-5,8-9H,2-3,6-7H2,1H3,(H,15,18)(H,16,17). The molecule has 0 radical (unpaired) electrons. The number of halogens is 1. The first kappa shape index (κ1) is 13.9. The summed E-state index contributed by atoms with van der Waals surface area (Å²) in [6, 6.07) is 3.60. The van der Waals surface area contributed by atoms with Gasteiger partial charge in [0, 0.05) is 19.0 Å². The van der Waals surface area contributed by atoms with Crippen LogP contribution < -0.4 is 10.6 Å². The van der Waals surface area contributed by atoms with Gasteiger partial charge in [-0.3, -0.25) is 9.59 Å². The Morgan fingerprint density at radius 3 is 2.79 bits per heavy atom. The molecule has 1 fully saturated rings. The van der Waals surface area contributed by atoms with Gasteiger partial charge in [-0.15, -0.1) is 11.6 Å². The molecule has 1 saturated carbocycles. The van der Waals surface area contributed by atoms with Gasteiger partial charge in [0.2, 0.25) is 5.91 Å². The minimum Gasteiger partial charge on any atom is -0.454 e. The minimum absolute atomic E-state index is 0.0303. The van der Waals surface area contributed by atoms with E-state index in [0.29, 0.717) is 18.3 Å². The molecule has 2 amide bonds. The van der Waals surface area contributed by atoms with Gasteiger partial charge in [-0.2, -0.15) is 0 Å². The maximum absolute atomic E-state index is 11.7. The van der Waals surface area contributed by atoms with Crippen LogP contribution in [0.3, 0.4) is 0 Å². The summed E-state index contributed by atoms with van der Waals surface area (Å²) in [7, 11) is 0. The summed E-state index contributed by atoms with van der Waals surface area (Å²) in [5.74, 6) is 0.406. The Bertz CT molecular complexity index is 466. The van der Waals surface area contributed by atoms with Crippen LogP contribution in [0.15, 0.2) is 16.5 Å². The highest BCUT2D eigenvalue weighted by atomic mass is 35.5. The summed E-state index contributed by atoms with van der Waals surface area (Å²) < 4.78 is 5.29. The zero-order valence-corrected chi connectivity index (χ0v) is 11.5. The molecule has 0 spiro atoms. The third-order valence-corrected chi connectivity index (χ3v) is 3.04. The number of amides is 2. The first-order valence-corrected chi connectivity index (χ1v) is 6.81. The van der Waals surface area contributed by atoms with Gasteiger partial charge < -0.3 is 15.1 Å². The number of hydrogen-bond donors (Lipinski definition) is 2. The Hall–Kier alpha value is -1.49. The van der Waals surface area contributed by atoms with E-state index >= 15 is 0 Å². The molecule has 6 heteroatoms. The summed E-state index contributed by atoms with van der Waals surface area (Å²) in [5.41, 5.74) is 0. The molecule has 104 valence electrons. The average Bonchev–Trinajstić information content (AvgIpc) is 3.01. The van der Waals surface area contributed by atoms with Gasteiger partial charge in [-0.25, -0.2) is 0 Å². The van der Waals surface area contributed by atoms with E-state index in [2.05, 4.69) is 10.6 Å². The van der Waals surface area contributed by atoms with Crippen LogP contribution in [-0.4, -0.2) is 24.4 Å². The Morgan fingerprint density at radius 2 is 2.21 bits per heavy atom. The molecule has 19 heavy (non-hydrogen) atoms. The molecule has 1 atom stereocenters. The smallest absolute Gasteiger partial charge is 0.287 e. The predicted octanol–water partition coefficient (Wildman–Crippen LogP) is 1.98. The Kier molecular flexibility index (Phi) is 4.47. The van der Waals surface area contributed by atoms with Crippen LogP contribution in [-0.2, 0) is 4.79 Å². The molecular weight excluding hydrogens is 268 g/mol. The van der Waals surface area contributed by atoms with Crippen molar-refractivity contribution in [1.29, 1.82) is 0 Å². The van der Waals surface area contributed by atoms with Gasteiger partial charge in [0.1, 0.15) is 5.76 Å². The third kappa shape index (κ3) is 4.28. The fourth-order valence-corrected chi connectivity index (χ4v) is 1.71. The van der Waals surface area contributed by atoms with Gasteiger partial charge >= 0.3 is 0 Å². The molecule has 0 aromatic carbocycles. The maximum atomic E-state index is 11.7. The minimum atomic E-state index is -0.331. The Morgan fingerprint density at radius 1 is 1.47 bits per heavy atom. The van der Waals surface area contributed by atoms with Gasteiger partial charge in [0.15, 0.2) is 5.76 Å². The molecule has 1 aromatic rings. The predicted molar refractivity (Wildman–Crippen MR) is 71.1 cm³/mol. The summed E-state index contributed by atoms with van der Waals surface area (Å²) >= 11 is 5.84. The molecule has 0 bridgehead atoms. The van der Waals surface area contributed by atoms with Crippen LogP contribution in [0.4, 0.5) is 0 Å². The topological polar surface area (TPSA) is 71.3 Å². The second-order valence-corrected chi connectivity index (χ2v) is 5.32. The van der Waals surface area contributed by atoms with E-state index in [1.165, 1.54) is 0 Å². The average molecular weight is 285 g/mol. The largest absolute Gasteiger partial charge is 0.454 e. The summed E-state index contributed by atoms with van der Waals surface area (Å²) in [4.78, 5) is 23.1. The van der Waals surface area contributed by atoms with E-state index in [0.717, 1.165) is 12.8 Å². The molecule has 1 aliphatic carbocycles. The van der Waals surface area contributed by atoms with Crippen molar-refractivity contribution in [2.45, 2.75) is 37.6 Å². The first-order valence-electron chi connectivity index (χ1n) is 6.37. The fourth-order valence-electron chi connectivity index (χ4n) is 1.59. The summed E-state index contributed by atoms with van der Waals surface area (Å²) in [6.45, 7) is 2.06. The number of nitrogens with one attached hydrogen (secondary N) is 2. The van der Waals surface area contributed by atoms with E-state index in [1.807, 2.05) is 0 Å². The quantitative estimate of drug-likeness (QED) is 0.785. The van der Waals surface area contributed by atoms with Crippen molar-refractivity contribution in [1.82, 2.24) is 10.6 Å². The van der Waals surface area contributed by atoms with Crippen LogP contribution in [0.2, 0.25) is 0 Å². The van der Waals surface area contributed by atoms with Gasteiger partial charge in [0.05, 0.1) is 5.38 Å². The van der Waals surface area contributed by atoms with E-state index in [9.17, 15) is 9.59 Å². The lowest BCUT2D eigenvalue weighted by Crippen LogP contribution is -2.31. The Labute approximate surface area is 116 Å². The van der Waals surface area contributed by atoms with Gasteiger partial charge in [0.25, 0.3) is 5.91 Å². The first-order chi connectivity index (χ1) is 9.06. The number of carbonyl (C=O) groups excluding carboxylic acids is 2.